The van der Waals surface area contributed by atoms with E-state index in [2.05, 4.69) is 0 Å². The number of nitrogens with zero attached hydrogens (tertiary/aromatic N) is 1. The van der Waals surface area contributed by atoms with Gasteiger partial charge >= 0.3 is 6.18 Å². The van der Waals surface area contributed by atoms with Gasteiger partial charge in [-0.15, -0.1) is 0 Å². The largest absolute Gasteiger partial charge is 0.476 e. The Morgan fingerprint density at radius 2 is 2.05 bits per heavy atom. The highest BCUT2D eigenvalue weighted by Crippen LogP contribution is 2.36. The van der Waals surface area contributed by atoms with E-state index in [0.29, 0.717) is 17.1 Å². The van der Waals surface area contributed by atoms with E-state index in [0.717, 1.165) is 18.2 Å². The lowest BCUT2D eigenvalue weighted by Gasteiger charge is -2.25. The standard InChI is InChI=1S/C14H15ClF3NO/c1-3-19(2)8-10-7-12-9(6-11(10)15)4-5-13(20-12)14(16,17)18/h4-7,13H,3,8H2,1-2H3. The highest BCUT2D eigenvalue weighted by molar-refractivity contribution is 6.31. The van der Waals surface area contributed by atoms with Crippen molar-refractivity contribution in [1.82, 2.24) is 4.90 Å². The zero-order valence-corrected chi connectivity index (χ0v) is 11.9. The van der Waals surface area contributed by atoms with E-state index >= 15 is 0 Å². The Labute approximate surface area is 120 Å². The third-order valence-electron chi connectivity index (χ3n) is 3.19. The predicted octanol–water partition coefficient (Wildman–Crippen LogP) is 4.13. The first-order valence-corrected chi connectivity index (χ1v) is 6.61. The number of ether oxygens (including phenoxy) is 1. The molecule has 2 rings (SSSR count). The van der Waals surface area contributed by atoms with Gasteiger partial charge < -0.3 is 9.64 Å². The second-order valence-corrected chi connectivity index (χ2v) is 5.16. The molecule has 110 valence electrons. The quantitative estimate of drug-likeness (QED) is 0.832. The van der Waals surface area contributed by atoms with Crippen LogP contribution in [0.4, 0.5) is 13.2 Å². The van der Waals surface area contributed by atoms with Gasteiger partial charge in [-0.1, -0.05) is 24.6 Å². The molecule has 0 amide bonds. The van der Waals surface area contributed by atoms with E-state index in [1.807, 2.05) is 18.9 Å². The highest BCUT2D eigenvalue weighted by atomic mass is 35.5. The van der Waals surface area contributed by atoms with Crippen molar-refractivity contribution >= 4 is 17.7 Å². The van der Waals surface area contributed by atoms with Crippen molar-refractivity contribution in [3.8, 4) is 5.75 Å². The first-order valence-electron chi connectivity index (χ1n) is 6.23. The molecule has 0 N–H and O–H groups in total. The number of rotatable bonds is 3. The minimum absolute atomic E-state index is 0.221. The van der Waals surface area contributed by atoms with Gasteiger partial charge in [0, 0.05) is 17.1 Å². The van der Waals surface area contributed by atoms with Gasteiger partial charge in [0.1, 0.15) is 5.75 Å². The Kier molecular flexibility index (Phi) is 4.30. The molecule has 1 aliphatic heterocycles. The Morgan fingerprint density at radius 1 is 1.35 bits per heavy atom. The molecule has 1 aliphatic rings. The minimum atomic E-state index is -4.41. The van der Waals surface area contributed by atoms with Crippen LogP contribution in [0.2, 0.25) is 5.02 Å². The van der Waals surface area contributed by atoms with Crippen molar-refractivity contribution in [2.45, 2.75) is 25.7 Å². The van der Waals surface area contributed by atoms with E-state index in [9.17, 15) is 13.2 Å². The number of fused-ring (bicyclic) bond motifs is 1. The zero-order chi connectivity index (χ0) is 14.9. The lowest BCUT2D eigenvalue weighted by atomic mass is 10.1. The summed E-state index contributed by atoms with van der Waals surface area (Å²) in [6.07, 6.45) is -3.91. The summed E-state index contributed by atoms with van der Waals surface area (Å²) in [7, 11) is 1.91. The molecule has 1 heterocycles. The molecule has 20 heavy (non-hydrogen) atoms. The molecule has 1 aromatic carbocycles. The normalized spacial score (nSPS) is 18.1. The molecule has 0 saturated carbocycles. The average Bonchev–Trinajstić information content (AvgIpc) is 2.37. The van der Waals surface area contributed by atoms with Crippen LogP contribution < -0.4 is 4.74 Å². The van der Waals surface area contributed by atoms with Crippen LogP contribution in [-0.4, -0.2) is 30.8 Å². The van der Waals surface area contributed by atoms with Crippen molar-refractivity contribution in [2.75, 3.05) is 13.6 Å². The molecule has 0 spiro atoms. The molecule has 1 unspecified atom stereocenters. The summed E-state index contributed by atoms with van der Waals surface area (Å²) in [4.78, 5) is 2.01. The maximum atomic E-state index is 12.7. The summed E-state index contributed by atoms with van der Waals surface area (Å²) in [6, 6.07) is 3.23. The number of hydrogen-bond acceptors (Lipinski definition) is 2. The molecule has 0 aliphatic carbocycles. The molecule has 0 saturated heterocycles. The van der Waals surface area contributed by atoms with Crippen LogP contribution >= 0.6 is 11.6 Å². The van der Waals surface area contributed by atoms with E-state index in [-0.39, 0.29) is 5.75 Å². The fraction of sp³-hybridized carbons (Fsp3) is 0.429. The van der Waals surface area contributed by atoms with Gasteiger partial charge in [-0.3, -0.25) is 0 Å². The molecular weight excluding hydrogens is 291 g/mol. The van der Waals surface area contributed by atoms with Crippen LogP contribution in [0.3, 0.4) is 0 Å². The number of benzene rings is 1. The molecule has 0 fully saturated rings. The summed E-state index contributed by atoms with van der Waals surface area (Å²) in [6.45, 7) is 3.37. The lowest BCUT2D eigenvalue weighted by Crippen LogP contribution is -2.33. The number of hydrogen-bond donors (Lipinski definition) is 0. The molecule has 1 aromatic rings. The number of alkyl halides is 3. The van der Waals surface area contributed by atoms with Crippen LogP contribution in [0.15, 0.2) is 18.2 Å². The summed E-state index contributed by atoms with van der Waals surface area (Å²) >= 11 is 6.15. The molecule has 0 aromatic heterocycles. The Bertz CT molecular complexity index is 528. The predicted molar refractivity (Wildman–Crippen MR) is 73.0 cm³/mol. The first kappa shape index (κ1) is 15.2. The molecule has 0 bridgehead atoms. The maximum absolute atomic E-state index is 12.7. The Morgan fingerprint density at radius 3 is 2.65 bits per heavy atom. The minimum Gasteiger partial charge on any atom is -0.476 e. The van der Waals surface area contributed by atoms with Crippen LogP contribution in [0.1, 0.15) is 18.1 Å². The summed E-state index contributed by atoms with van der Waals surface area (Å²) in [5.41, 5.74) is 1.32. The van der Waals surface area contributed by atoms with Crippen molar-refractivity contribution in [2.24, 2.45) is 0 Å². The second-order valence-electron chi connectivity index (χ2n) is 4.75. The van der Waals surface area contributed by atoms with Crippen LogP contribution in [0, 0.1) is 0 Å². The van der Waals surface area contributed by atoms with Crippen molar-refractivity contribution in [1.29, 1.82) is 0 Å². The van der Waals surface area contributed by atoms with Crippen molar-refractivity contribution in [3.63, 3.8) is 0 Å². The van der Waals surface area contributed by atoms with Crippen LogP contribution in [0.25, 0.3) is 6.08 Å². The van der Waals surface area contributed by atoms with E-state index in [1.165, 1.54) is 6.08 Å². The SMILES string of the molecule is CCN(C)Cc1cc2c(cc1Cl)C=CC(C(F)(F)F)O2. The monoisotopic (exact) mass is 305 g/mol. The molecular formula is C14H15ClF3NO. The Balaban J connectivity index is 2.29. The van der Waals surface area contributed by atoms with Crippen molar-refractivity contribution in [3.05, 3.63) is 34.4 Å². The fourth-order valence-corrected chi connectivity index (χ4v) is 2.14. The fourth-order valence-electron chi connectivity index (χ4n) is 1.91. The second kappa shape index (κ2) is 5.66. The van der Waals surface area contributed by atoms with Gasteiger partial charge in [0.2, 0.25) is 6.10 Å². The van der Waals surface area contributed by atoms with Crippen LogP contribution in [0.5, 0.6) is 5.75 Å². The lowest BCUT2D eigenvalue weighted by molar-refractivity contribution is -0.180. The smallest absolute Gasteiger partial charge is 0.429 e. The molecule has 0 radical (unpaired) electrons. The zero-order valence-electron chi connectivity index (χ0n) is 11.2. The summed E-state index contributed by atoms with van der Waals surface area (Å²) < 4.78 is 43.0. The van der Waals surface area contributed by atoms with E-state index in [4.69, 9.17) is 16.3 Å². The molecule has 1 atom stereocenters. The van der Waals surface area contributed by atoms with E-state index < -0.39 is 12.3 Å². The third-order valence-corrected chi connectivity index (χ3v) is 3.54. The molecule has 2 nitrogen and oxygen atoms in total. The summed E-state index contributed by atoms with van der Waals surface area (Å²) in [5, 5.41) is 0.530. The summed E-state index contributed by atoms with van der Waals surface area (Å²) in [5.74, 6) is 0.221. The van der Waals surface area contributed by atoms with E-state index in [1.54, 1.807) is 12.1 Å². The van der Waals surface area contributed by atoms with Gasteiger partial charge in [-0.2, -0.15) is 13.2 Å². The highest BCUT2D eigenvalue weighted by Gasteiger charge is 2.41. The van der Waals surface area contributed by atoms with Crippen LogP contribution in [-0.2, 0) is 6.54 Å². The average molecular weight is 306 g/mol. The van der Waals surface area contributed by atoms with Gasteiger partial charge in [-0.25, -0.2) is 0 Å². The first-order chi connectivity index (χ1) is 9.31. The van der Waals surface area contributed by atoms with Gasteiger partial charge in [0.15, 0.2) is 0 Å². The van der Waals surface area contributed by atoms with Gasteiger partial charge in [0.25, 0.3) is 0 Å². The maximum Gasteiger partial charge on any atom is 0.429 e. The molecule has 6 heteroatoms. The van der Waals surface area contributed by atoms with Gasteiger partial charge in [0.05, 0.1) is 0 Å². The topological polar surface area (TPSA) is 12.5 Å². The van der Waals surface area contributed by atoms with Gasteiger partial charge in [-0.05, 0) is 37.4 Å². The number of halogens is 4. The third kappa shape index (κ3) is 3.27. The van der Waals surface area contributed by atoms with Crippen molar-refractivity contribution < 1.29 is 17.9 Å². The Hall–Kier alpha value is -1.20.